The number of hydrogen-bond acceptors (Lipinski definition) is 4. The molecule has 23 heavy (non-hydrogen) atoms. The monoisotopic (exact) mass is 337 g/mol. The van der Waals surface area contributed by atoms with E-state index >= 15 is 0 Å². The van der Waals surface area contributed by atoms with Gasteiger partial charge in [0.05, 0.1) is 11.0 Å². The Morgan fingerprint density at radius 1 is 1.30 bits per heavy atom. The Labute approximate surface area is 137 Å². The van der Waals surface area contributed by atoms with Crippen LogP contribution in [0.2, 0.25) is 0 Å². The van der Waals surface area contributed by atoms with Gasteiger partial charge in [0.25, 0.3) is 5.91 Å². The van der Waals surface area contributed by atoms with Gasteiger partial charge in [0.1, 0.15) is 0 Å². The van der Waals surface area contributed by atoms with E-state index in [1.807, 2.05) is 0 Å². The first-order valence-corrected chi connectivity index (χ1v) is 9.98. The SMILES string of the molecule is CS(=O)(=O)c1cccc(C(=O)N2CCC[C@]3(CCC[C@H]3O)C2)c1. The van der Waals surface area contributed by atoms with Gasteiger partial charge in [-0.3, -0.25) is 4.79 Å². The van der Waals surface area contributed by atoms with Crippen molar-refractivity contribution in [3.63, 3.8) is 0 Å². The van der Waals surface area contributed by atoms with Crippen LogP contribution >= 0.6 is 0 Å². The fraction of sp³-hybridized carbons (Fsp3) is 0.588. The number of aliphatic hydroxyl groups excluding tert-OH is 1. The van der Waals surface area contributed by atoms with E-state index in [1.165, 1.54) is 12.1 Å². The molecule has 2 atom stereocenters. The number of likely N-dealkylation sites (tertiary alicyclic amines) is 1. The van der Waals surface area contributed by atoms with Gasteiger partial charge >= 0.3 is 0 Å². The first kappa shape index (κ1) is 16.5. The van der Waals surface area contributed by atoms with Crippen molar-refractivity contribution >= 4 is 15.7 Å². The van der Waals surface area contributed by atoms with Gasteiger partial charge in [0, 0.05) is 30.3 Å². The smallest absolute Gasteiger partial charge is 0.253 e. The predicted molar refractivity (Wildman–Crippen MR) is 87.0 cm³/mol. The zero-order chi connectivity index (χ0) is 16.7. The number of amides is 1. The normalized spacial score (nSPS) is 28.3. The summed E-state index contributed by atoms with van der Waals surface area (Å²) in [5.41, 5.74) is 0.236. The highest BCUT2D eigenvalue weighted by Gasteiger charge is 2.45. The number of carbonyl (C=O) groups excluding carboxylic acids is 1. The molecule has 1 aliphatic carbocycles. The van der Waals surface area contributed by atoms with Crippen molar-refractivity contribution in [3.05, 3.63) is 29.8 Å². The molecule has 1 amide bonds. The summed E-state index contributed by atoms with van der Waals surface area (Å²) in [5, 5.41) is 10.3. The average molecular weight is 337 g/mol. The Morgan fingerprint density at radius 2 is 2.04 bits per heavy atom. The lowest BCUT2D eigenvalue weighted by Crippen LogP contribution is -2.49. The van der Waals surface area contributed by atoms with Gasteiger partial charge in [0.2, 0.25) is 0 Å². The minimum absolute atomic E-state index is 0.145. The highest BCUT2D eigenvalue weighted by molar-refractivity contribution is 7.90. The molecule has 0 aromatic heterocycles. The molecule has 5 nitrogen and oxygen atoms in total. The Morgan fingerprint density at radius 3 is 2.70 bits per heavy atom. The summed E-state index contributed by atoms with van der Waals surface area (Å²) in [6, 6.07) is 6.21. The van der Waals surface area contributed by atoms with Gasteiger partial charge < -0.3 is 10.0 Å². The molecular weight excluding hydrogens is 314 g/mol. The van der Waals surface area contributed by atoms with Crippen LogP contribution < -0.4 is 0 Å². The maximum absolute atomic E-state index is 12.8. The molecule has 2 aliphatic rings. The number of rotatable bonds is 2. The number of benzene rings is 1. The van der Waals surface area contributed by atoms with Crippen LogP contribution in [0.25, 0.3) is 0 Å². The van der Waals surface area contributed by atoms with E-state index in [0.29, 0.717) is 18.7 Å². The van der Waals surface area contributed by atoms with Crippen LogP contribution in [0.1, 0.15) is 42.5 Å². The van der Waals surface area contributed by atoms with Crippen LogP contribution in [0, 0.1) is 5.41 Å². The molecular formula is C17H23NO4S. The first-order chi connectivity index (χ1) is 10.8. The molecule has 6 heteroatoms. The van der Waals surface area contributed by atoms with E-state index in [-0.39, 0.29) is 22.3 Å². The zero-order valence-corrected chi connectivity index (χ0v) is 14.2. The summed E-state index contributed by atoms with van der Waals surface area (Å²) < 4.78 is 23.3. The van der Waals surface area contributed by atoms with E-state index in [4.69, 9.17) is 0 Å². The van der Waals surface area contributed by atoms with Crippen molar-refractivity contribution in [2.45, 2.75) is 43.1 Å². The Kier molecular flexibility index (Phi) is 4.23. The Bertz CT molecular complexity index is 715. The topological polar surface area (TPSA) is 74.7 Å². The van der Waals surface area contributed by atoms with E-state index in [1.54, 1.807) is 17.0 Å². The van der Waals surface area contributed by atoms with Gasteiger partial charge in [0.15, 0.2) is 9.84 Å². The number of hydrogen-bond donors (Lipinski definition) is 1. The van der Waals surface area contributed by atoms with Crippen molar-refractivity contribution in [3.8, 4) is 0 Å². The zero-order valence-electron chi connectivity index (χ0n) is 13.4. The van der Waals surface area contributed by atoms with Gasteiger partial charge in [-0.25, -0.2) is 8.42 Å². The lowest BCUT2D eigenvalue weighted by molar-refractivity contribution is -0.00536. The number of sulfone groups is 1. The molecule has 126 valence electrons. The maximum Gasteiger partial charge on any atom is 0.253 e. The predicted octanol–water partition coefficient (Wildman–Crippen LogP) is 1.86. The average Bonchev–Trinajstić information content (AvgIpc) is 2.86. The summed E-state index contributed by atoms with van der Waals surface area (Å²) in [6.07, 6.45) is 5.43. The number of piperidine rings is 1. The minimum atomic E-state index is -3.33. The van der Waals surface area contributed by atoms with Crippen LogP contribution in [0.3, 0.4) is 0 Å². The molecule has 0 radical (unpaired) electrons. The largest absolute Gasteiger partial charge is 0.392 e. The summed E-state index contributed by atoms with van der Waals surface area (Å²) in [7, 11) is -3.33. The fourth-order valence-electron chi connectivity index (χ4n) is 3.97. The van der Waals surface area contributed by atoms with E-state index in [0.717, 1.165) is 38.4 Å². The molecule has 2 fully saturated rings. The second-order valence-electron chi connectivity index (χ2n) is 6.90. The highest BCUT2D eigenvalue weighted by Crippen LogP contribution is 2.45. The van der Waals surface area contributed by atoms with E-state index < -0.39 is 9.84 Å². The molecule has 1 saturated carbocycles. The van der Waals surface area contributed by atoms with Gasteiger partial charge in [-0.05, 0) is 43.9 Å². The van der Waals surface area contributed by atoms with E-state index in [9.17, 15) is 18.3 Å². The van der Waals surface area contributed by atoms with Crippen molar-refractivity contribution in [2.75, 3.05) is 19.3 Å². The van der Waals surface area contributed by atoms with Crippen molar-refractivity contribution in [1.29, 1.82) is 0 Å². The number of nitrogens with zero attached hydrogens (tertiary/aromatic N) is 1. The summed E-state index contributed by atoms with van der Waals surface area (Å²) in [6.45, 7) is 1.23. The molecule has 1 N–H and O–H groups in total. The lowest BCUT2D eigenvalue weighted by Gasteiger charge is -2.42. The summed E-state index contributed by atoms with van der Waals surface area (Å²) >= 11 is 0. The van der Waals surface area contributed by atoms with Crippen molar-refractivity contribution in [2.24, 2.45) is 5.41 Å². The lowest BCUT2D eigenvalue weighted by atomic mass is 9.76. The molecule has 0 unspecified atom stereocenters. The Balaban J connectivity index is 1.83. The third-order valence-electron chi connectivity index (χ3n) is 5.26. The molecule has 1 saturated heterocycles. The first-order valence-electron chi connectivity index (χ1n) is 8.09. The van der Waals surface area contributed by atoms with Crippen LogP contribution in [0.4, 0.5) is 0 Å². The molecule has 1 aromatic carbocycles. The van der Waals surface area contributed by atoms with Gasteiger partial charge in [-0.1, -0.05) is 12.5 Å². The maximum atomic E-state index is 12.8. The van der Waals surface area contributed by atoms with Crippen molar-refractivity contribution < 1.29 is 18.3 Å². The van der Waals surface area contributed by atoms with Crippen LogP contribution in [-0.4, -0.2) is 49.8 Å². The quantitative estimate of drug-likeness (QED) is 0.894. The highest BCUT2D eigenvalue weighted by atomic mass is 32.2. The van der Waals surface area contributed by atoms with Crippen LogP contribution in [-0.2, 0) is 9.84 Å². The molecule has 3 rings (SSSR count). The molecule has 1 aromatic rings. The van der Waals surface area contributed by atoms with Gasteiger partial charge in [-0.15, -0.1) is 0 Å². The Hall–Kier alpha value is -1.40. The second-order valence-corrected chi connectivity index (χ2v) is 8.92. The molecule has 0 bridgehead atoms. The summed E-state index contributed by atoms with van der Waals surface area (Å²) in [4.78, 5) is 14.7. The van der Waals surface area contributed by atoms with Crippen LogP contribution in [0.15, 0.2) is 29.2 Å². The standard InChI is InChI=1S/C17H23NO4S/c1-23(21,22)14-6-2-5-13(11-14)16(20)18-10-4-9-17(12-18)8-3-7-15(17)19/h2,5-6,11,15,19H,3-4,7-10,12H2,1H3/t15-,17-/m1/s1. The second kappa shape index (κ2) is 5.91. The number of carbonyl (C=O) groups is 1. The number of aliphatic hydroxyl groups is 1. The summed E-state index contributed by atoms with van der Waals surface area (Å²) in [5.74, 6) is -0.145. The van der Waals surface area contributed by atoms with Crippen LogP contribution in [0.5, 0.6) is 0 Å². The molecule has 1 aliphatic heterocycles. The van der Waals surface area contributed by atoms with Crippen molar-refractivity contribution in [1.82, 2.24) is 4.90 Å². The molecule has 1 spiro atoms. The minimum Gasteiger partial charge on any atom is -0.392 e. The van der Waals surface area contributed by atoms with Gasteiger partial charge in [-0.2, -0.15) is 0 Å². The molecule has 1 heterocycles. The third-order valence-corrected chi connectivity index (χ3v) is 6.37. The third kappa shape index (κ3) is 3.15. The van der Waals surface area contributed by atoms with E-state index in [2.05, 4.69) is 0 Å². The fourth-order valence-corrected chi connectivity index (χ4v) is 4.64.